The van der Waals surface area contributed by atoms with E-state index in [4.69, 9.17) is 10.2 Å². The predicted octanol–water partition coefficient (Wildman–Crippen LogP) is 1.90. The van der Waals surface area contributed by atoms with Crippen molar-refractivity contribution in [2.24, 2.45) is 5.73 Å². The van der Waals surface area contributed by atoms with Gasteiger partial charge in [-0.05, 0) is 39.5 Å². The van der Waals surface area contributed by atoms with E-state index in [1.54, 1.807) is 6.20 Å². The normalized spacial score (nSPS) is 27.9. The number of hydrogen-bond acceptors (Lipinski definition) is 4. The van der Waals surface area contributed by atoms with Crippen LogP contribution in [0.25, 0.3) is 0 Å². The first kappa shape index (κ1) is 11.6. The highest BCUT2D eigenvalue weighted by Gasteiger charge is 2.21. The van der Waals surface area contributed by atoms with Crippen LogP contribution in [0.15, 0.2) is 10.6 Å². The average molecular weight is 223 g/mol. The van der Waals surface area contributed by atoms with Gasteiger partial charge in [0.1, 0.15) is 5.76 Å². The van der Waals surface area contributed by atoms with Crippen LogP contribution in [0.4, 0.5) is 0 Å². The Morgan fingerprint density at radius 2 is 2.12 bits per heavy atom. The summed E-state index contributed by atoms with van der Waals surface area (Å²) in [5.74, 6) is 1.65. The Morgan fingerprint density at radius 3 is 2.69 bits per heavy atom. The molecule has 4 nitrogen and oxygen atoms in total. The Bertz CT molecular complexity index is 329. The van der Waals surface area contributed by atoms with Crippen molar-refractivity contribution in [3.63, 3.8) is 0 Å². The van der Waals surface area contributed by atoms with Crippen LogP contribution in [0.5, 0.6) is 0 Å². The van der Waals surface area contributed by atoms with Gasteiger partial charge in [0.2, 0.25) is 5.89 Å². The lowest BCUT2D eigenvalue weighted by atomic mass is 9.91. The first-order valence-corrected chi connectivity index (χ1v) is 6.09. The monoisotopic (exact) mass is 223 g/mol. The van der Waals surface area contributed by atoms with Gasteiger partial charge in [-0.3, -0.25) is 0 Å². The standard InChI is InChI=1S/C12H21N3O/c1-8-7-14-12(16-8)9(2)15-11-5-3-10(13)4-6-11/h7,9-11,15H,3-6,13H2,1-2H3. The van der Waals surface area contributed by atoms with Gasteiger partial charge in [-0.25, -0.2) is 4.98 Å². The molecule has 1 fully saturated rings. The summed E-state index contributed by atoms with van der Waals surface area (Å²) in [5, 5.41) is 3.56. The summed E-state index contributed by atoms with van der Waals surface area (Å²) in [6.07, 6.45) is 6.32. The Labute approximate surface area is 96.6 Å². The largest absolute Gasteiger partial charge is 0.444 e. The number of nitrogens with zero attached hydrogens (tertiary/aromatic N) is 1. The minimum atomic E-state index is 0.188. The number of nitrogens with one attached hydrogen (secondary N) is 1. The molecular formula is C12H21N3O. The molecule has 1 saturated carbocycles. The molecular weight excluding hydrogens is 202 g/mol. The van der Waals surface area contributed by atoms with Crippen molar-refractivity contribution < 1.29 is 4.42 Å². The van der Waals surface area contributed by atoms with E-state index in [-0.39, 0.29) is 6.04 Å². The molecule has 0 spiro atoms. The Hall–Kier alpha value is -0.870. The van der Waals surface area contributed by atoms with Gasteiger partial charge in [0, 0.05) is 12.1 Å². The van der Waals surface area contributed by atoms with E-state index in [0.29, 0.717) is 12.1 Å². The third-order valence-electron chi connectivity index (χ3n) is 3.27. The molecule has 0 bridgehead atoms. The second-order valence-corrected chi connectivity index (χ2v) is 4.81. The third kappa shape index (κ3) is 2.83. The number of nitrogens with two attached hydrogens (primary N) is 1. The van der Waals surface area contributed by atoms with E-state index >= 15 is 0 Å². The molecule has 1 atom stereocenters. The molecule has 0 aromatic carbocycles. The Balaban J connectivity index is 1.85. The average Bonchev–Trinajstić information content (AvgIpc) is 2.68. The lowest BCUT2D eigenvalue weighted by Gasteiger charge is -2.28. The molecule has 0 amide bonds. The molecule has 0 saturated heterocycles. The second-order valence-electron chi connectivity index (χ2n) is 4.81. The van der Waals surface area contributed by atoms with Crippen LogP contribution in [0.3, 0.4) is 0 Å². The molecule has 0 aliphatic heterocycles. The van der Waals surface area contributed by atoms with E-state index in [0.717, 1.165) is 37.3 Å². The van der Waals surface area contributed by atoms with Crippen molar-refractivity contribution in [2.45, 2.75) is 57.7 Å². The van der Waals surface area contributed by atoms with Gasteiger partial charge in [-0.15, -0.1) is 0 Å². The van der Waals surface area contributed by atoms with Gasteiger partial charge in [-0.2, -0.15) is 0 Å². The number of hydrogen-bond donors (Lipinski definition) is 2. The van der Waals surface area contributed by atoms with Crippen molar-refractivity contribution in [3.8, 4) is 0 Å². The minimum Gasteiger partial charge on any atom is -0.444 e. The molecule has 3 N–H and O–H groups in total. The van der Waals surface area contributed by atoms with Gasteiger partial charge in [0.15, 0.2) is 0 Å². The molecule has 2 rings (SSSR count). The zero-order valence-electron chi connectivity index (χ0n) is 10.1. The molecule has 1 aromatic rings. The lowest BCUT2D eigenvalue weighted by molar-refractivity contribution is 0.299. The van der Waals surface area contributed by atoms with Gasteiger partial charge < -0.3 is 15.5 Å². The first-order chi connectivity index (χ1) is 7.65. The number of aromatic nitrogens is 1. The van der Waals surface area contributed by atoms with E-state index in [1.165, 1.54) is 0 Å². The third-order valence-corrected chi connectivity index (χ3v) is 3.27. The lowest BCUT2D eigenvalue weighted by Crippen LogP contribution is -2.38. The maximum atomic E-state index is 5.88. The molecule has 1 heterocycles. The van der Waals surface area contributed by atoms with Crippen LogP contribution in [-0.4, -0.2) is 17.1 Å². The van der Waals surface area contributed by atoms with Crippen molar-refractivity contribution in [1.82, 2.24) is 10.3 Å². The van der Waals surface area contributed by atoms with Crippen molar-refractivity contribution >= 4 is 0 Å². The molecule has 1 aromatic heterocycles. The maximum Gasteiger partial charge on any atom is 0.211 e. The topological polar surface area (TPSA) is 64.1 Å². The Morgan fingerprint density at radius 1 is 1.44 bits per heavy atom. The zero-order chi connectivity index (χ0) is 11.5. The first-order valence-electron chi connectivity index (χ1n) is 6.09. The summed E-state index contributed by atoms with van der Waals surface area (Å²) in [6, 6.07) is 1.15. The quantitative estimate of drug-likeness (QED) is 0.821. The fourth-order valence-electron chi connectivity index (χ4n) is 2.28. The highest BCUT2D eigenvalue weighted by Crippen LogP contribution is 2.20. The van der Waals surface area contributed by atoms with Crippen LogP contribution >= 0.6 is 0 Å². The molecule has 1 unspecified atom stereocenters. The highest BCUT2D eigenvalue weighted by atomic mass is 16.4. The van der Waals surface area contributed by atoms with E-state index in [2.05, 4.69) is 17.2 Å². The molecule has 0 radical (unpaired) electrons. The van der Waals surface area contributed by atoms with E-state index in [9.17, 15) is 0 Å². The maximum absolute atomic E-state index is 5.88. The fraction of sp³-hybridized carbons (Fsp3) is 0.750. The van der Waals surface area contributed by atoms with Crippen LogP contribution in [0, 0.1) is 6.92 Å². The zero-order valence-corrected chi connectivity index (χ0v) is 10.1. The van der Waals surface area contributed by atoms with Crippen LogP contribution in [-0.2, 0) is 0 Å². The van der Waals surface area contributed by atoms with Crippen molar-refractivity contribution in [2.75, 3.05) is 0 Å². The van der Waals surface area contributed by atoms with Crippen LogP contribution in [0.1, 0.15) is 50.3 Å². The summed E-state index contributed by atoms with van der Waals surface area (Å²) in [4.78, 5) is 4.24. The van der Waals surface area contributed by atoms with E-state index in [1.807, 2.05) is 6.92 Å². The number of oxazole rings is 1. The number of rotatable bonds is 3. The number of aryl methyl sites for hydroxylation is 1. The fourth-order valence-corrected chi connectivity index (χ4v) is 2.28. The van der Waals surface area contributed by atoms with Crippen molar-refractivity contribution in [1.29, 1.82) is 0 Å². The summed E-state index contributed by atoms with van der Waals surface area (Å²) in [6.45, 7) is 4.02. The summed E-state index contributed by atoms with van der Waals surface area (Å²) < 4.78 is 5.51. The van der Waals surface area contributed by atoms with Gasteiger partial charge in [0.25, 0.3) is 0 Å². The minimum absolute atomic E-state index is 0.188. The second kappa shape index (κ2) is 4.97. The van der Waals surface area contributed by atoms with Crippen LogP contribution < -0.4 is 11.1 Å². The molecule has 16 heavy (non-hydrogen) atoms. The Kier molecular flexibility index (Phi) is 3.61. The van der Waals surface area contributed by atoms with Gasteiger partial charge in [0.05, 0.1) is 12.2 Å². The molecule has 4 heteroatoms. The molecule has 1 aliphatic rings. The van der Waals surface area contributed by atoms with Crippen LogP contribution in [0.2, 0.25) is 0 Å². The van der Waals surface area contributed by atoms with Gasteiger partial charge in [-0.1, -0.05) is 0 Å². The summed E-state index contributed by atoms with van der Waals surface area (Å²) in [5.41, 5.74) is 5.88. The SMILES string of the molecule is Cc1cnc(C(C)NC2CCC(N)CC2)o1. The van der Waals surface area contributed by atoms with Crippen molar-refractivity contribution in [3.05, 3.63) is 17.8 Å². The van der Waals surface area contributed by atoms with Gasteiger partial charge >= 0.3 is 0 Å². The molecule has 90 valence electrons. The predicted molar refractivity (Wildman–Crippen MR) is 63.0 cm³/mol. The van der Waals surface area contributed by atoms with E-state index < -0.39 is 0 Å². The highest BCUT2D eigenvalue weighted by molar-refractivity contribution is 4.96. The summed E-state index contributed by atoms with van der Waals surface area (Å²) >= 11 is 0. The molecule has 1 aliphatic carbocycles. The summed E-state index contributed by atoms with van der Waals surface area (Å²) in [7, 11) is 0. The smallest absolute Gasteiger partial charge is 0.211 e.